The molecule has 0 bridgehead atoms. The molecule has 1 saturated carbocycles. The van der Waals surface area contributed by atoms with Crippen LogP contribution >= 0.6 is 11.6 Å². The van der Waals surface area contributed by atoms with Gasteiger partial charge in [0.1, 0.15) is 5.82 Å². The van der Waals surface area contributed by atoms with Gasteiger partial charge in [0.25, 0.3) is 0 Å². The number of carbonyl (C=O) groups is 1. The Bertz CT molecular complexity index is 348. The Labute approximate surface area is 85.6 Å². The minimum absolute atomic E-state index is 0.0135. The van der Waals surface area contributed by atoms with Crippen molar-refractivity contribution < 1.29 is 9.90 Å². The summed E-state index contributed by atoms with van der Waals surface area (Å²) in [7, 11) is 0. The number of aliphatic imine (C=N–C) groups is 1. The first-order chi connectivity index (χ1) is 6.56. The first-order valence-corrected chi connectivity index (χ1v) is 4.66. The average Bonchev–Trinajstić information content (AvgIpc) is 2.92. The van der Waals surface area contributed by atoms with Gasteiger partial charge in [-0.25, -0.2) is 4.79 Å². The van der Waals surface area contributed by atoms with Crippen LogP contribution in [0.2, 0.25) is 0 Å². The summed E-state index contributed by atoms with van der Waals surface area (Å²) in [4.78, 5) is 15.1. The summed E-state index contributed by atoms with van der Waals surface area (Å²) >= 11 is 5.67. The molecule has 1 aliphatic heterocycles. The number of hydrogen-bond acceptors (Lipinski definition) is 4. The number of aliphatic carboxylic acids is 1. The van der Waals surface area contributed by atoms with E-state index in [1.54, 1.807) is 0 Å². The third kappa shape index (κ3) is 1.24. The van der Waals surface area contributed by atoms with E-state index in [9.17, 15) is 4.79 Å². The Kier molecular flexibility index (Phi) is 1.92. The van der Waals surface area contributed by atoms with Crippen molar-refractivity contribution in [1.29, 1.82) is 0 Å². The quantitative estimate of drug-likeness (QED) is 0.615. The molecule has 0 aromatic rings. The SMILES string of the molecule is NC1=C(Cl)C=NC(C(=O)O)(C2CC2)N1. The minimum atomic E-state index is -1.29. The number of hydrogen-bond donors (Lipinski definition) is 3. The van der Waals surface area contributed by atoms with Crippen LogP contribution in [-0.2, 0) is 4.79 Å². The van der Waals surface area contributed by atoms with E-state index in [2.05, 4.69) is 10.3 Å². The highest BCUT2D eigenvalue weighted by Gasteiger charge is 2.52. The van der Waals surface area contributed by atoms with E-state index < -0.39 is 11.6 Å². The molecule has 0 radical (unpaired) electrons. The molecule has 1 heterocycles. The largest absolute Gasteiger partial charge is 0.478 e. The van der Waals surface area contributed by atoms with Crippen molar-refractivity contribution >= 4 is 23.8 Å². The second-order valence-corrected chi connectivity index (χ2v) is 3.90. The van der Waals surface area contributed by atoms with Crippen LogP contribution in [0.5, 0.6) is 0 Å². The van der Waals surface area contributed by atoms with E-state index in [4.69, 9.17) is 22.4 Å². The molecule has 5 nitrogen and oxygen atoms in total. The molecule has 14 heavy (non-hydrogen) atoms. The fourth-order valence-electron chi connectivity index (χ4n) is 1.52. The molecule has 0 spiro atoms. The van der Waals surface area contributed by atoms with Crippen LogP contribution in [0.4, 0.5) is 0 Å². The summed E-state index contributed by atoms with van der Waals surface area (Å²) in [5.74, 6) is -0.820. The zero-order valence-electron chi connectivity index (χ0n) is 7.33. The number of halogens is 1. The third-order valence-corrected chi connectivity index (χ3v) is 2.76. The fraction of sp³-hybridized carbons (Fsp3) is 0.500. The molecule has 1 unspecified atom stereocenters. The highest BCUT2D eigenvalue weighted by Crippen LogP contribution is 2.42. The van der Waals surface area contributed by atoms with E-state index in [0.717, 1.165) is 12.8 Å². The van der Waals surface area contributed by atoms with E-state index in [0.29, 0.717) is 0 Å². The molecule has 2 rings (SSSR count). The lowest BCUT2D eigenvalue weighted by Crippen LogP contribution is -2.55. The van der Waals surface area contributed by atoms with Gasteiger partial charge in [-0.2, -0.15) is 0 Å². The van der Waals surface area contributed by atoms with Crippen LogP contribution in [0, 0.1) is 5.92 Å². The van der Waals surface area contributed by atoms with Gasteiger partial charge in [-0.05, 0) is 12.8 Å². The maximum absolute atomic E-state index is 11.1. The highest BCUT2D eigenvalue weighted by atomic mass is 35.5. The van der Waals surface area contributed by atoms with Crippen molar-refractivity contribution in [3.8, 4) is 0 Å². The van der Waals surface area contributed by atoms with Crippen molar-refractivity contribution in [1.82, 2.24) is 5.32 Å². The first-order valence-electron chi connectivity index (χ1n) is 4.28. The second-order valence-electron chi connectivity index (χ2n) is 3.49. The Hall–Kier alpha value is -1.23. The summed E-state index contributed by atoms with van der Waals surface area (Å²) < 4.78 is 0. The van der Waals surface area contributed by atoms with Crippen LogP contribution in [0.1, 0.15) is 12.8 Å². The maximum Gasteiger partial charge on any atom is 0.352 e. The summed E-state index contributed by atoms with van der Waals surface area (Å²) in [6.07, 6.45) is 3.00. The van der Waals surface area contributed by atoms with E-state index in [1.807, 2.05) is 0 Å². The van der Waals surface area contributed by atoms with Gasteiger partial charge < -0.3 is 16.2 Å². The molecular weight excluding hydrogens is 206 g/mol. The fourth-order valence-corrected chi connectivity index (χ4v) is 1.61. The molecule has 0 saturated heterocycles. The minimum Gasteiger partial charge on any atom is -0.478 e. The van der Waals surface area contributed by atoms with E-state index in [1.165, 1.54) is 6.21 Å². The molecule has 1 atom stereocenters. The van der Waals surface area contributed by atoms with Crippen LogP contribution in [-0.4, -0.2) is 23.0 Å². The summed E-state index contributed by atoms with van der Waals surface area (Å²) in [5, 5.41) is 12.0. The molecule has 0 aromatic heterocycles. The Morgan fingerprint density at radius 3 is 2.86 bits per heavy atom. The predicted molar refractivity (Wildman–Crippen MR) is 51.8 cm³/mol. The second kappa shape index (κ2) is 2.88. The lowest BCUT2D eigenvalue weighted by atomic mass is 10.0. The normalized spacial score (nSPS) is 31.5. The van der Waals surface area contributed by atoms with Gasteiger partial charge in [0.2, 0.25) is 5.66 Å². The van der Waals surface area contributed by atoms with Crippen LogP contribution in [0.25, 0.3) is 0 Å². The van der Waals surface area contributed by atoms with Crippen molar-refractivity contribution in [3.05, 3.63) is 10.9 Å². The van der Waals surface area contributed by atoms with Gasteiger partial charge in [0.05, 0.1) is 5.03 Å². The molecule has 1 aliphatic carbocycles. The zero-order chi connectivity index (χ0) is 10.3. The molecule has 2 aliphatic rings. The number of nitrogens with zero attached hydrogens (tertiary/aromatic N) is 1. The summed E-state index contributed by atoms with van der Waals surface area (Å²) in [6.45, 7) is 0. The standard InChI is InChI=1S/C8H10ClN3O2/c9-5-3-11-8(7(13)14,4-1-2-4)12-6(5)10/h3-4,12H,1-2,10H2,(H,13,14). The van der Waals surface area contributed by atoms with Gasteiger partial charge in [0.15, 0.2) is 0 Å². The molecule has 4 N–H and O–H groups in total. The van der Waals surface area contributed by atoms with Gasteiger partial charge >= 0.3 is 5.97 Å². The third-order valence-electron chi connectivity index (χ3n) is 2.46. The number of nitrogens with two attached hydrogens (primary N) is 1. The molecule has 76 valence electrons. The van der Waals surface area contributed by atoms with Gasteiger partial charge in [-0.3, -0.25) is 4.99 Å². The number of rotatable bonds is 2. The van der Waals surface area contributed by atoms with Crippen LogP contribution in [0.15, 0.2) is 15.8 Å². The van der Waals surface area contributed by atoms with Gasteiger partial charge in [0, 0.05) is 12.1 Å². The maximum atomic E-state index is 11.1. The number of allylic oxidation sites excluding steroid dienone is 1. The Morgan fingerprint density at radius 1 is 1.79 bits per heavy atom. The monoisotopic (exact) mass is 215 g/mol. The van der Waals surface area contributed by atoms with Gasteiger partial charge in [-0.1, -0.05) is 11.6 Å². The number of nitrogens with one attached hydrogen (secondary N) is 1. The lowest BCUT2D eigenvalue weighted by molar-refractivity contribution is -0.145. The van der Waals surface area contributed by atoms with E-state index in [-0.39, 0.29) is 16.8 Å². The smallest absolute Gasteiger partial charge is 0.352 e. The van der Waals surface area contributed by atoms with Gasteiger partial charge in [-0.15, -0.1) is 0 Å². The highest BCUT2D eigenvalue weighted by molar-refractivity contribution is 6.39. The lowest BCUT2D eigenvalue weighted by Gasteiger charge is -2.30. The molecule has 0 aromatic carbocycles. The molecule has 1 fully saturated rings. The van der Waals surface area contributed by atoms with Crippen LogP contribution < -0.4 is 11.1 Å². The van der Waals surface area contributed by atoms with Crippen molar-refractivity contribution in [2.24, 2.45) is 16.6 Å². The predicted octanol–water partition coefficient (Wildman–Crippen LogP) is 0.218. The van der Waals surface area contributed by atoms with Crippen LogP contribution in [0.3, 0.4) is 0 Å². The average molecular weight is 216 g/mol. The Morgan fingerprint density at radius 2 is 2.43 bits per heavy atom. The zero-order valence-corrected chi connectivity index (χ0v) is 8.08. The van der Waals surface area contributed by atoms with E-state index >= 15 is 0 Å². The topological polar surface area (TPSA) is 87.7 Å². The molecule has 6 heteroatoms. The first kappa shape index (κ1) is 9.33. The van der Waals surface area contributed by atoms with Crippen molar-refractivity contribution in [2.75, 3.05) is 0 Å². The Balaban J connectivity index is 2.33. The van der Waals surface area contributed by atoms with Crippen molar-refractivity contribution in [2.45, 2.75) is 18.5 Å². The molecule has 0 amide bonds. The number of carboxylic acid groups (broad SMARTS) is 1. The summed E-state index contributed by atoms with van der Waals surface area (Å²) in [5.41, 5.74) is 4.25. The molecular formula is C8H10ClN3O2. The summed E-state index contributed by atoms with van der Waals surface area (Å²) in [6, 6.07) is 0. The number of carboxylic acids is 1. The van der Waals surface area contributed by atoms with Crippen molar-refractivity contribution in [3.63, 3.8) is 0 Å².